The summed E-state index contributed by atoms with van der Waals surface area (Å²) in [5.74, 6) is 0.0546. The summed E-state index contributed by atoms with van der Waals surface area (Å²) >= 11 is 1.44. The van der Waals surface area contributed by atoms with Crippen molar-refractivity contribution < 1.29 is 4.79 Å². The summed E-state index contributed by atoms with van der Waals surface area (Å²) in [5, 5.41) is 0.931. The van der Waals surface area contributed by atoms with E-state index in [0.29, 0.717) is 10.6 Å². The lowest BCUT2D eigenvalue weighted by Crippen LogP contribution is -2.34. The van der Waals surface area contributed by atoms with Gasteiger partial charge in [0, 0.05) is 37.4 Å². The molecule has 6 heteroatoms. The van der Waals surface area contributed by atoms with Gasteiger partial charge in [0.1, 0.15) is 4.88 Å². The van der Waals surface area contributed by atoms with E-state index in [1.54, 1.807) is 12.4 Å². The van der Waals surface area contributed by atoms with Crippen molar-refractivity contribution in [3.8, 4) is 0 Å². The first-order chi connectivity index (χ1) is 9.66. The lowest BCUT2D eigenvalue weighted by molar-refractivity contribution is 0.0768. The van der Waals surface area contributed by atoms with Gasteiger partial charge in [0.05, 0.1) is 10.4 Å². The molecule has 0 bridgehead atoms. The normalized spacial score (nSPS) is 17.4. The highest BCUT2D eigenvalue weighted by Gasteiger charge is 2.23. The van der Waals surface area contributed by atoms with Crippen LogP contribution in [-0.4, -0.2) is 53.9 Å². The fourth-order valence-electron chi connectivity index (χ4n) is 2.52. The second-order valence-electron chi connectivity index (χ2n) is 5.17. The number of amides is 1. The lowest BCUT2D eigenvalue weighted by Gasteiger charge is -2.20. The molecule has 0 aromatic carbocycles. The van der Waals surface area contributed by atoms with E-state index in [4.69, 9.17) is 5.73 Å². The SMILES string of the molecule is CN1CCCN(C(=O)c2sc3cnccc3c2N)CC1. The summed E-state index contributed by atoms with van der Waals surface area (Å²) in [7, 11) is 2.09. The maximum Gasteiger partial charge on any atom is 0.266 e. The van der Waals surface area contributed by atoms with Gasteiger partial charge in [-0.3, -0.25) is 9.78 Å². The molecule has 3 heterocycles. The van der Waals surface area contributed by atoms with Crippen LogP contribution in [0.1, 0.15) is 16.1 Å². The van der Waals surface area contributed by atoms with Gasteiger partial charge in [0.2, 0.25) is 0 Å². The molecule has 2 aromatic rings. The zero-order valence-electron chi connectivity index (χ0n) is 11.5. The number of carbonyl (C=O) groups is 1. The number of nitrogen functional groups attached to an aromatic ring is 1. The van der Waals surface area contributed by atoms with Crippen LogP contribution in [0.2, 0.25) is 0 Å². The van der Waals surface area contributed by atoms with Crippen molar-refractivity contribution in [2.75, 3.05) is 39.0 Å². The molecule has 1 saturated heterocycles. The van der Waals surface area contributed by atoms with E-state index in [-0.39, 0.29) is 5.91 Å². The van der Waals surface area contributed by atoms with Crippen LogP contribution in [0.5, 0.6) is 0 Å². The second kappa shape index (κ2) is 5.38. The van der Waals surface area contributed by atoms with Crippen LogP contribution in [0.15, 0.2) is 18.5 Å². The first kappa shape index (κ1) is 13.3. The first-order valence-corrected chi connectivity index (χ1v) is 7.58. The van der Waals surface area contributed by atoms with Gasteiger partial charge in [-0.1, -0.05) is 0 Å². The molecule has 5 nitrogen and oxygen atoms in total. The zero-order chi connectivity index (χ0) is 14.1. The van der Waals surface area contributed by atoms with Crippen LogP contribution in [0.4, 0.5) is 5.69 Å². The smallest absolute Gasteiger partial charge is 0.266 e. The molecule has 20 heavy (non-hydrogen) atoms. The summed E-state index contributed by atoms with van der Waals surface area (Å²) in [6.45, 7) is 3.52. The maximum atomic E-state index is 12.7. The van der Waals surface area contributed by atoms with Crippen LogP contribution in [0.25, 0.3) is 10.1 Å². The van der Waals surface area contributed by atoms with Crippen LogP contribution in [-0.2, 0) is 0 Å². The number of nitrogens with two attached hydrogens (primary N) is 1. The molecule has 3 rings (SSSR count). The average molecular weight is 290 g/mol. The number of carbonyl (C=O) groups excluding carboxylic acids is 1. The van der Waals surface area contributed by atoms with Crippen LogP contribution < -0.4 is 5.73 Å². The Bertz CT molecular complexity index is 639. The number of pyridine rings is 1. The highest BCUT2D eigenvalue weighted by molar-refractivity contribution is 7.21. The highest BCUT2D eigenvalue weighted by atomic mass is 32.1. The molecule has 0 radical (unpaired) electrons. The van der Waals surface area contributed by atoms with Gasteiger partial charge in [-0.25, -0.2) is 0 Å². The van der Waals surface area contributed by atoms with Gasteiger partial charge in [0.15, 0.2) is 0 Å². The van der Waals surface area contributed by atoms with Crippen molar-refractivity contribution in [3.05, 3.63) is 23.3 Å². The van der Waals surface area contributed by atoms with E-state index in [1.807, 2.05) is 11.0 Å². The number of aromatic nitrogens is 1. The molecule has 0 atom stereocenters. The van der Waals surface area contributed by atoms with Crippen molar-refractivity contribution in [3.63, 3.8) is 0 Å². The van der Waals surface area contributed by atoms with Gasteiger partial charge < -0.3 is 15.5 Å². The van der Waals surface area contributed by atoms with Crippen molar-refractivity contribution in [1.82, 2.24) is 14.8 Å². The molecule has 1 amide bonds. The van der Waals surface area contributed by atoms with Gasteiger partial charge in [-0.05, 0) is 26.1 Å². The van der Waals surface area contributed by atoms with E-state index in [9.17, 15) is 4.79 Å². The zero-order valence-corrected chi connectivity index (χ0v) is 12.3. The molecule has 2 aromatic heterocycles. The third-order valence-corrected chi connectivity index (χ3v) is 4.88. The molecule has 1 aliphatic heterocycles. The van der Waals surface area contributed by atoms with Crippen LogP contribution in [0.3, 0.4) is 0 Å². The molecule has 1 aliphatic rings. The summed E-state index contributed by atoms with van der Waals surface area (Å²) in [6, 6.07) is 1.87. The Balaban J connectivity index is 1.90. The van der Waals surface area contributed by atoms with Gasteiger partial charge >= 0.3 is 0 Å². The molecule has 0 spiro atoms. The largest absolute Gasteiger partial charge is 0.397 e. The number of rotatable bonds is 1. The minimum atomic E-state index is 0.0546. The summed E-state index contributed by atoms with van der Waals surface area (Å²) < 4.78 is 0.972. The topological polar surface area (TPSA) is 62.5 Å². The number of nitrogens with zero attached hydrogens (tertiary/aromatic N) is 3. The Labute approximate surface area is 122 Å². The standard InChI is InChI=1S/C14H18N4OS/c1-17-5-2-6-18(8-7-17)14(19)13-12(15)10-3-4-16-9-11(10)20-13/h3-4,9H,2,5-8,15H2,1H3. The van der Waals surface area contributed by atoms with E-state index in [0.717, 1.165) is 42.7 Å². The quantitative estimate of drug-likeness (QED) is 0.867. The van der Waals surface area contributed by atoms with Gasteiger partial charge in [0.25, 0.3) is 5.91 Å². The third kappa shape index (κ3) is 2.36. The Morgan fingerprint density at radius 3 is 3.00 bits per heavy atom. The third-order valence-electron chi connectivity index (χ3n) is 3.73. The Hall–Kier alpha value is -1.66. The van der Waals surface area contributed by atoms with Crippen LogP contribution in [0, 0.1) is 0 Å². The molecule has 0 saturated carbocycles. The fourth-order valence-corrected chi connectivity index (χ4v) is 3.58. The molecule has 106 valence electrons. The van der Waals surface area contributed by atoms with Crippen molar-refractivity contribution in [2.45, 2.75) is 6.42 Å². The van der Waals surface area contributed by atoms with Gasteiger partial charge in [-0.15, -0.1) is 11.3 Å². The lowest BCUT2D eigenvalue weighted by atomic mass is 10.2. The number of thiophene rings is 1. The van der Waals surface area contributed by atoms with E-state index >= 15 is 0 Å². The number of hydrogen-bond donors (Lipinski definition) is 1. The molecule has 1 fully saturated rings. The summed E-state index contributed by atoms with van der Waals surface area (Å²) in [5.41, 5.74) is 6.73. The Morgan fingerprint density at radius 1 is 1.35 bits per heavy atom. The predicted molar refractivity (Wildman–Crippen MR) is 82.0 cm³/mol. The summed E-state index contributed by atoms with van der Waals surface area (Å²) in [4.78, 5) is 21.6. The average Bonchev–Trinajstić information content (AvgIpc) is 2.64. The monoisotopic (exact) mass is 290 g/mol. The Kier molecular flexibility index (Phi) is 3.58. The molecular weight excluding hydrogens is 272 g/mol. The van der Waals surface area contributed by atoms with E-state index in [2.05, 4.69) is 16.9 Å². The Morgan fingerprint density at radius 2 is 2.20 bits per heavy atom. The molecular formula is C14H18N4OS. The minimum absolute atomic E-state index is 0.0546. The van der Waals surface area contributed by atoms with Crippen molar-refractivity contribution in [2.24, 2.45) is 0 Å². The number of fused-ring (bicyclic) bond motifs is 1. The van der Waals surface area contributed by atoms with E-state index < -0.39 is 0 Å². The number of hydrogen-bond acceptors (Lipinski definition) is 5. The van der Waals surface area contributed by atoms with Gasteiger partial charge in [-0.2, -0.15) is 0 Å². The minimum Gasteiger partial charge on any atom is -0.397 e. The predicted octanol–water partition coefficient (Wildman–Crippen LogP) is 1.66. The maximum absolute atomic E-state index is 12.7. The second-order valence-corrected chi connectivity index (χ2v) is 6.22. The number of anilines is 1. The van der Waals surface area contributed by atoms with Crippen LogP contribution >= 0.6 is 11.3 Å². The summed E-state index contributed by atoms with van der Waals surface area (Å²) in [6.07, 6.45) is 4.48. The van der Waals surface area contributed by atoms with E-state index in [1.165, 1.54) is 11.3 Å². The molecule has 2 N–H and O–H groups in total. The number of likely N-dealkylation sites (N-methyl/N-ethyl adjacent to an activating group) is 1. The highest BCUT2D eigenvalue weighted by Crippen LogP contribution is 2.33. The van der Waals surface area contributed by atoms with Crippen molar-refractivity contribution in [1.29, 1.82) is 0 Å². The first-order valence-electron chi connectivity index (χ1n) is 6.76. The fraction of sp³-hybridized carbons (Fsp3) is 0.429. The molecule has 0 aliphatic carbocycles. The molecule has 0 unspecified atom stereocenters. The van der Waals surface area contributed by atoms with Crippen molar-refractivity contribution >= 4 is 33.0 Å².